The van der Waals surface area contributed by atoms with E-state index in [1.54, 1.807) is 0 Å². The van der Waals surface area contributed by atoms with Gasteiger partial charge in [-0.2, -0.15) is 0 Å². The van der Waals surface area contributed by atoms with Crippen molar-refractivity contribution in [3.05, 3.63) is 0 Å². The van der Waals surface area contributed by atoms with Crippen LogP contribution in [0.2, 0.25) is 0 Å². The maximum Gasteiger partial charge on any atom is -0.0359 e. The highest BCUT2D eigenvalue weighted by atomic mass is 14.1. The topological polar surface area (TPSA) is 0 Å². The van der Waals surface area contributed by atoms with E-state index < -0.39 is 0 Å². The fourth-order valence-corrected chi connectivity index (χ4v) is 0.750. The molecule has 0 saturated heterocycles. The van der Waals surface area contributed by atoms with Crippen LogP contribution in [-0.2, 0) is 0 Å². The Labute approximate surface area is 99.9 Å². The second-order valence-corrected chi connectivity index (χ2v) is 4.58. The molecule has 0 aliphatic heterocycles. The van der Waals surface area contributed by atoms with Crippen molar-refractivity contribution in [3.8, 4) is 0 Å². The Hall–Kier alpha value is 0. The maximum absolute atomic E-state index is 2.30. The Balaban J connectivity index is -0.000000166. The molecule has 0 aromatic rings. The first-order valence-electron chi connectivity index (χ1n) is 7.04. The van der Waals surface area contributed by atoms with Crippen LogP contribution in [0.3, 0.4) is 0 Å². The van der Waals surface area contributed by atoms with Gasteiger partial charge in [0.15, 0.2) is 0 Å². The first-order chi connectivity index (χ1) is 7.04. The largest absolute Gasteiger partial charge is 0.0683 e. The third-order valence-electron chi connectivity index (χ3n) is 2.87. The van der Waals surface area contributed by atoms with E-state index in [1.165, 1.54) is 38.5 Å². The van der Waals surface area contributed by atoms with Crippen molar-refractivity contribution >= 4 is 0 Å². The van der Waals surface area contributed by atoms with Crippen molar-refractivity contribution < 1.29 is 0 Å². The second-order valence-electron chi connectivity index (χ2n) is 4.58. The van der Waals surface area contributed by atoms with Gasteiger partial charge in [-0.1, -0.05) is 93.9 Å². The van der Waals surface area contributed by atoms with Crippen LogP contribution in [0.4, 0.5) is 0 Å². The summed E-state index contributed by atoms with van der Waals surface area (Å²) < 4.78 is 0. The van der Waals surface area contributed by atoms with E-state index in [-0.39, 0.29) is 0 Å². The summed E-state index contributed by atoms with van der Waals surface area (Å²) in [5, 5.41) is 0. The van der Waals surface area contributed by atoms with Crippen LogP contribution in [0.15, 0.2) is 0 Å². The molecule has 0 N–H and O–H groups in total. The predicted molar refractivity (Wildman–Crippen MR) is 75.5 cm³/mol. The summed E-state index contributed by atoms with van der Waals surface area (Å²) in [5.41, 5.74) is 0.583. The molecule has 0 atom stereocenters. The molecule has 0 bridgehead atoms. The van der Waals surface area contributed by atoms with Crippen LogP contribution in [-0.4, -0.2) is 0 Å². The number of hydrogen-bond acceptors (Lipinski definition) is 0. The molecule has 0 fully saturated rings. The molecule has 0 heterocycles. The van der Waals surface area contributed by atoms with Gasteiger partial charge in [0.25, 0.3) is 0 Å². The summed E-state index contributed by atoms with van der Waals surface area (Å²) >= 11 is 0. The van der Waals surface area contributed by atoms with E-state index >= 15 is 0 Å². The van der Waals surface area contributed by atoms with E-state index in [1.807, 2.05) is 13.8 Å². The third kappa shape index (κ3) is 24.9. The van der Waals surface area contributed by atoms with Crippen molar-refractivity contribution in [1.82, 2.24) is 0 Å². The zero-order valence-electron chi connectivity index (χ0n) is 12.7. The number of unbranched alkanes of at least 4 members (excludes halogenated alkanes) is 3. The van der Waals surface area contributed by atoms with Crippen LogP contribution in [0.25, 0.3) is 0 Å². The lowest BCUT2D eigenvalue weighted by molar-refractivity contribution is 0.338. The van der Waals surface area contributed by atoms with Gasteiger partial charge in [0, 0.05) is 0 Å². The number of hydrogen-bond donors (Lipinski definition) is 0. The van der Waals surface area contributed by atoms with Crippen LogP contribution in [0, 0.1) is 5.41 Å². The van der Waals surface area contributed by atoms with Crippen LogP contribution in [0.5, 0.6) is 0 Å². The molecule has 0 aliphatic rings. The van der Waals surface area contributed by atoms with Gasteiger partial charge < -0.3 is 0 Å². The molecular formula is C15H36. The van der Waals surface area contributed by atoms with Gasteiger partial charge in [-0.3, -0.25) is 0 Å². The fraction of sp³-hybridized carbons (Fsp3) is 1.00. The third-order valence-corrected chi connectivity index (χ3v) is 2.87. The monoisotopic (exact) mass is 216 g/mol. The Morgan fingerprint density at radius 3 is 1.00 bits per heavy atom. The lowest BCUT2D eigenvalue weighted by Gasteiger charge is -2.18. The van der Waals surface area contributed by atoms with Gasteiger partial charge in [0.2, 0.25) is 0 Å². The molecule has 0 aromatic heterocycles. The lowest BCUT2D eigenvalue weighted by Crippen LogP contribution is -2.05. The molecule has 0 aliphatic carbocycles. The Bertz CT molecular complexity index is 72.0. The zero-order valence-corrected chi connectivity index (χ0v) is 12.7. The minimum atomic E-state index is 0.583. The summed E-state index contributed by atoms with van der Waals surface area (Å²) in [7, 11) is 0. The summed E-state index contributed by atoms with van der Waals surface area (Å²) in [6.45, 7) is 17.5. The van der Waals surface area contributed by atoms with Crippen LogP contribution >= 0.6 is 0 Å². The Kier molecular flexibility index (Phi) is 22.4. The zero-order chi connectivity index (χ0) is 12.7. The van der Waals surface area contributed by atoms with Crippen molar-refractivity contribution in [3.63, 3.8) is 0 Å². The summed E-state index contributed by atoms with van der Waals surface area (Å²) in [6, 6.07) is 0. The summed E-state index contributed by atoms with van der Waals surface area (Å²) in [4.78, 5) is 0. The molecule has 0 aromatic carbocycles. The SMILES string of the molecule is CC.CCC(C)(C)CC.CCCCCC. The fourth-order valence-electron chi connectivity index (χ4n) is 0.750. The molecule has 0 heteroatoms. The van der Waals surface area contributed by atoms with Crippen LogP contribution in [0.1, 0.15) is 93.9 Å². The molecule has 0 saturated carbocycles. The highest BCUT2D eigenvalue weighted by Crippen LogP contribution is 2.22. The van der Waals surface area contributed by atoms with E-state index in [9.17, 15) is 0 Å². The van der Waals surface area contributed by atoms with Gasteiger partial charge in [-0.25, -0.2) is 0 Å². The van der Waals surface area contributed by atoms with Crippen molar-refractivity contribution in [2.24, 2.45) is 5.41 Å². The van der Waals surface area contributed by atoms with Gasteiger partial charge in [-0.15, -0.1) is 0 Å². The standard InChI is InChI=1S/C7H16.C6H14.C2H6/c1-5-7(3,4)6-2;1-3-5-6-4-2;1-2/h5-6H2,1-4H3;3-6H2,1-2H3;1-2H3. The van der Waals surface area contributed by atoms with E-state index in [2.05, 4.69) is 41.5 Å². The van der Waals surface area contributed by atoms with Crippen LogP contribution < -0.4 is 0 Å². The smallest absolute Gasteiger partial charge is 0.0359 e. The van der Waals surface area contributed by atoms with Gasteiger partial charge in [-0.05, 0) is 5.41 Å². The maximum atomic E-state index is 2.30. The molecule has 0 radical (unpaired) electrons. The first kappa shape index (κ1) is 20.4. The van der Waals surface area contributed by atoms with E-state index in [4.69, 9.17) is 0 Å². The molecule has 0 unspecified atom stereocenters. The first-order valence-corrected chi connectivity index (χ1v) is 7.04. The number of rotatable bonds is 5. The Morgan fingerprint density at radius 1 is 0.667 bits per heavy atom. The average Bonchev–Trinajstić information content (AvgIpc) is 2.30. The van der Waals surface area contributed by atoms with Gasteiger partial charge in [0.05, 0.1) is 0 Å². The molecule has 0 rings (SSSR count). The molecule has 96 valence electrons. The van der Waals surface area contributed by atoms with Gasteiger partial charge >= 0.3 is 0 Å². The quantitative estimate of drug-likeness (QED) is 0.463. The molecule has 15 heavy (non-hydrogen) atoms. The molecule has 0 amide bonds. The normalized spacial score (nSPS) is 9.60. The second kappa shape index (κ2) is 16.4. The van der Waals surface area contributed by atoms with E-state index in [0.717, 1.165) is 0 Å². The molecule has 0 spiro atoms. The minimum absolute atomic E-state index is 0.583. The summed E-state index contributed by atoms with van der Waals surface area (Å²) in [6.07, 6.45) is 8.13. The minimum Gasteiger partial charge on any atom is -0.0683 e. The highest BCUT2D eigenvalue weighted by molar-refractivity contribution is 4.61. The molecule has 0 nitrogen and oxygen atoms in total. The molecular weight excluding hydrogens is 180 g/mol. The summed E-state index contributed by atoms with van der Waals surface area (Å²) in [5.74, 6) is 0. The van der Waals surface area contributed by atoms with E-state index in [0.29, 0.717) is 5.41 Å². The van der Waals surface area contributed by atoms with Crippen molar-refractivity contribution in [1.29, 1.82) is 0 Å². The highest BCUT2D eigenvalue weighted by Gasteiger charge is 2.09. The average molecular weight is 216 g/mol. The lowest BCUT2D eigenvalue weighted by atomic mass is 9.88. The Morgan fingerprint density at radius 2 is 0.933 bits per heavy atom. The van der Waals surface area contributed by atoms with Crippen molar-refractivity contribution in [2.75, 3.05) is 0 Å². The predicted octanol–water partition coefficient (Wildman–Crippen LogP) is 6.45. The van der Waals surface area contributed by atoms with Gasteiger partial charge in [0.1, 0.15) is 0 Å². The van der Waals surface area contributed by atoms with Crippen molar-refractivity contribution in [2.45, 2.75) is 93.9 Å².